The van der Waals surface area contributed by atoms with Gasteiger partial charge in [-0.3, -0.25) is 4.79 Å². The maximum atomic E-state index is 13.1. The van der Waals surface area contributed by atoms with E-state index in [0.717, 1.165) is 22.2 Å². The number of ketones is 1. The number of pyridine rings is 1. The summed E-state index contributed by atoms with van der Waals surface area (Å²) in [5, 5.41) is 12.1. The van der Waals surface area contributed by atoms with Crippen LogP contribution >= 0.6 is 0 Å². The third kappa shape index (κ3) is 2.34. The Kier molecular flexibility index (Phi) is 3.54. The van der Waals surface area contributed by atoms with Gasteiger partial charge in [0.2, 0.25) is 11.7 Å². The molecule has 1 aromatic heterocycles. The number of nitrogens with zero attached hydrogens (tertiary/aromatic N) is 3. The zero-order valence-corrected chi connectivity index (χ0v) is 15.6. The van der Waals surface area contributed by atoms with E-state index in [4.69, 9.17) is 4.74 Å². The number of methoxy groups -OCH3 is 1. The summed E-state index contributed by atoms with van der Waals surface area (Å²) in [5.41, 5.74) is 2.19. The summed E-state index contributed by atoms with van der Waals surface area (Å²) >= 11 is 0. The molecule has 0 aliphatic carbocycles. The molecule has 6 nitrogen and oxygen atoms in total. The van der Waals surface area contributed by atoms with Crippen LogP contribution in [0.2, 0.25) is 0 Å². The lowest BCUT2D eigenvalue weighted by atomic mass is 9.87. The number of fused-ring (bicyclic) bond motifs is 3. The predicted octanol–water partition coefficient (Wildman–Crippen LogP) is 3.42. The van der Waals surface area contributed by atoms with E-state index in [9.17, 15) is 9.90 Å². The summed E-state index contributed by atoms with van der Waals surface area (Å²) in [7, 11) is 1.59. The van der Waals surface area contributed by atoms with Crippen LogP contribution in [0.4, 0.5) is 11.4 Å². The Labute approximate surface area is 162 Å². The number of aryl methyl sites for hydroxylation is 1. The average molecular weight is 373 g/mol. The molecule has 0 radical (unpaired) electrons. The maximum absolute atomic E-state index is 13.1. The van der Waals surface area contributed by atoms with Gasteiger partial charge in [0.1, 0.15) is 5.84 Å². The van der Waals surface area contributed by atoms with Crippen LogP contribution in [0.25, 0.3) is 10.9 Å². The van der Waals surface area contributed by atoms with E-state index >= 15 is 0 Å². The van der Waals surface area contributed by atoms with Crippen LogP contribution in [0.15, 0.2) is 53.5 Å². The van der Waals surface area contributed by atoms with Gasteiger partial charge in [-0.1, -0.05) is 11.6 Å². The Morgan fingerprint density at radius 3 is 2.82 bits per heavy atom. The first-order valence-electron chi connectivity index (χ1n) is 9.19. The summed E-state index contributed by atoms with van der Waals surface area (Å²) in [6.45, 7) is 2.44. The van der Waals surface area contributed by atoms with E-state index in [0.29, 0.717) is 35.9 Å². The smallest absolute Gasteiger partial charge is 0.213 e. The number of anilines is 1. The predicted molar refractivity (Wildman–Crippen MR) is 108 cm³/mol. The van der Waals surface area contributed by atoms with Crippen LogP contribution < -0.4 is 9.64 Å². The molecule has 1 unspecified atom stereocenters. The number of aromatic nitrogens is 1. The molecule has 3 heterocycles. The fourth-order valence-electron chi connectivity index (χ4n) is 3.98. The first kappa shape index (κ1) is 16.9. The van der Waals surface area contributed by atoms with E-state index in [-0.39, 0.29) is 5.78 Å². The summed E-state index contributed by atoms with van der Waals surface area (Å²) in [5.74, 6) is 0.686. The Bertz CT molecular complexity index is 1170. The minimum atomic E-state index is -1.58. The Morgan fingerprint density at radius 2 is 2.00 bits per heavy atom. The van der Waals surface area contributed by atoms with Gasteiger partial charge in [-0.25, -0.2) is 9.98 Å². The lowest BCUT2D eigenvalue weighted by Crippen LogP contribution is -2.48. The van der Waals surface area contributed by atoms with Gasteiger partial charge in [0.05, 0.1) is 18.3 Å². The standard InChI is InChI=1S/C22H19N3O3/c1-13-3-6-18-16(11-13)20(26)22(27)9-10-25(21(22)24-18)15-5-7-17-14(12-15)4-8-19(23-17)28-2/h3-8,11-12,27H,9-10H2,1-2H3. The van der Waals surface area contributed by atoms with Crippen molar-refractivity contribution in [3.05, 3.63) is 59.7 Å². The number of carbonyl (C=O) groups excluding carboxylic acids is 1. The van der Waals surface area contributed by atoms with Crippen molar-refractivity contribution in [2.24, 2.45) is 4.99 Å². The van der Waals surface area contributed by atoms with Crippen LogP contribution in [-0.2, 0) is 0 Å². The first-order chi connectivity index (χ1) is 13.5. The average Bonchev–Trinajstić information content (AvgIpc) is 3.06. The largest absolute Gasteiger partial charge is 0.481 e. The van der Waals surface area contributed by atoms with Crippen LogP contribution in [0, 0.1) is 6.92 Å². The monoisotopic (exact) mass is 373 g/mol. The van der Waals surface area contributed by atoms with E-state index in [1.54, 1.807) is 13.2 Å². The van der Waals surface area contributed by atoms with Crippen molar-refractivity contribution in [1.82, 2.24) is 4.98 Å². The minimum absolute atomic E-state index is 0.272. The Morgan fingerprint density at radius 1 is 1.14 bits per heavy atom. The molecule has 5 rings (SSSR count). The molecule has 6 heteroatoms. The zero-order valence-electron chi connectivity index (χ0n) is 15.6. The van der Waals surface area contributed by atoms with E-state index in [1.807, 2.05) is 54.3 Å². The van der Waals surface area contributed by atoms with Crippen molar-refractivity contribution in [2.45, 2.75) is 18.9 Å². The van der Waals surface area contributed by atoms with Crippen molar-refractivity contribution in [3.63, 3.8) is 0 Å². The molecule has 2 aromatic carbocycles. The third-order valence-electron chi connectivity index (χ3n) is 5.49. The SMILES string of the molecule is COc1ccc2cc(N3CCC4(O)C(=O)c5cc(C)ccc5N=C34)ccc2n1. The molecular weight excluding hydrogens is 354 g/mol. The quantitative estimate of drug-likeness (QED) is 0.745. The molecule has 2 aliphatic heterocycles. The second-order valence-corrected chi connectivity index (χ2v) is 7.28. The zero-order chi connectivity index (χ0) is 19.5. The van der Waals surface area contributed by atoms with E-state index in [2.05, 4.69) is 9.98 Å². The Hall–Kier alpha value is -3.25. The number of hydrogen-bond acceptors (Lipinski definition) is 6. The molecule has 2 aliphatic rings. The van der Waals surface area contributed by atoms with Gasteiger partial charge in [-0.2, -0.15) is 0 Å². The van der Waals surface area contributed by atoms with Crippen molar-refractivity contribution < 1.29 is 14.6 Å². The van der Waals surface area contributed by atoms with Gasteiger partial charge in [0.25, 0.3) is 0 Å². The number of benzene rings is 2. The van der Waals surface area contributed by atoms with Gasteiger partial charge in [-0.05, 0) is 43.3 Å². The summed E-state index contributed by atoms with van der Waals surface area (Å²) < 4.78 is 5.18. The minimum Gasteiger partial charge on any atom is -0.481 e. The van der Waals surface area contributed by atoms with Gasteiger partial charge in [-0.15, -0.1) is 0 Å². The number of aliphatic imine (C=N–C) groups is 1. The second-order valence-electron chi connectivity index (χ2n) is 7.28. The van der Waals surface area contributed by atoms with E-state index < -0.39 is 5.60 Å². The molecule has 1 atom stereocenters. The van der Waals surface area contributed by atoms with Gasteiger partial charge >= 0.3 is 0 Å². The van der Waals surface area contributed by atoms with Crippen LogP contribution in [0.5, 0.6) is 5.88 Å². The van der Waals surface area contributed by atoms with E-state index in [1.165, 1.54) is 0 Å². The molecule has 0 saturated carbocycles. The number of amidine groups is 1. The maximum Gasteiger partial charge on any atom is 0.213 e. The highest BCUT2D eigenvalue weighted by molar-refractivity contribution is 6.28. The molecule has 0 bridgehead atoms. The molecule has 1 fully saturated rings. The van der Waals surface area contributed by atoms with Crippen LogP contribution in [-0.4, -0.2) is 41.0 Å². The second kappa shape index (κ2) is 5.87. The fraction of sp³-hybridized carbons (Fsp3) is 0.227. The number of carbonyl (C=O) groups is 1. The van der Waals surface area contributed by atoms with Crippen LogP contribution in [0.3, 0.4) is 0 Å². The first-order valence-corrected chi connectivity index (χ1v) is 9.19. The van der Waals surface area contributed by atoms with Crippen molar-refractivity contribution in [2.75, 3.05) is 18.6 Å². The van der Waals surface area contributed by atoms with Crippen molar-refractivity contribution >= 4 is 33.9 Å². The number of hydrogen-bond donors (Lipinski definition) is 1. The Balaban J connectivity index is 1.61. The molecule has 1 N–H and O–H groups in total. The summed E-state index contributed by atoms with van der Waals surface area (Å²) in [6, 6.07) is 15.1. The van der Waals surface area contributed by atoms with Gasteiger partial charge in [0.15, 0.2) is 5.60 Å². The molecule has 0 amide bonds. The number of aliphatic hydroxyl groups is 1. The topological polar surface area (TPSA) is 75.0 Å². The molecular formula is C22H19N3O3. The van der Waals surface area contributed by atoms with Crippen LogP contribution in [0.1, 0.15) is 22.3 Å². The van der Waals surface area contributed by atoms with Crippen molar-refractivity contribution in [1.29, 1.82) is 0 Å². The lowest BCUT2D eigenvalue weighted by Gasteiger charge is -2.30. The lowest BCUT2D eigenvalue weighted by molar-refractivity contribution is 0.0602. The molecule has 3 aromatic rings. The highest BCUT2D eigenvalue weighted by atomic mass is 16.5. The third-order valence-corrected chi connectivity index (χ3v) is 5.49. The molecule has 28 heavy (non-hydrogen) atoms. The number of Topliss-reactive ketones (excluding diaryl/α,β-unsaturated/α-hetero) is 1. The highest BCUT2D eigenvalue weighted by Crippen LogP contribution is 2.40. The fourth-order valence-corrected chi connectivity index (χ4v) is 3.98. The molecule has 0 spiro atoms. The molecule has 1 saturated heterocycles. The van der Waals surface area contributed by atoms with Gasteiger partial charge < -0.3 is 14.7 Å². The highest BCUT2D eigenvalue weighted by Gasteiger charge is 2.52. The van der Waals surface area contributed by atoms with Gasteiger partial charge in [0, 0.05) is 35.7 Å². The number of rotatable bonds is 2. The molecule has 140 valence electrons. The normalized spacial score (nSPS) is 20.8. The number of ether oxygens (including phenoxy) is 1. The van der Waals surface area contributed by atoms with Crippen molar-refractivity contribution in [3.8, 4) is 5.88 Å². The summed E-state index contributed by atoms with van der Waals surface area (Å²) in [4.78, 5) is 24.1. The summed E-state index contributed by atoms with van der Waals surface area (Å²) in [6.07, 6.45) is 0.316.